The second-order valence-electron chi connectivity index (χ2n) is 20.6. The highest BCUT2D eigenvalue weighted by Crippen LogP contribution is 2.23. The number of carbonyl (C=O) groups is 10. The van der Waals surface area contributed by atoms with Crippen molar-refractivity contribution in [2.45, 2.75) is 161 Å². The largest absolute Gasteiger partial charge is 0.494 e. The average molecular weight is 1130 g/mol. The molecule has 1 fully saturated rings. The molecule has 27 heteroatoms. The number of nitrogens with zero attached hydrogens (tertiary/aromatic N) is 3. The molecule has 81 heavy (non-hydrogen) atoms. The second kappa shape index (κ2) is 33.2. The minimum absolute atomic E-state index is 0.00619. The molecule has 0 aromatic heterocycles. The normalized spacial score (nSPS) is 15.5. The molecule has 0 unspecified atom stereocenters. The molecule has 1 aliphatic rings. The highest BCUT2D eigenvalue weighted by molar-refractivity contribution is 5.99. The Kier molecular flexibility index (Phi) is 27.3. The Morgan fingerprint density at radius 2 is 1.11 bits per heavy atom. The van der Waals surface area contributed by atoms with Crippen molar-refractivity contribution in [2.24, 2.45) is 49.8 Å². The molecule has 1 saturated heterocycles. The first-order valence-corrected chi connectivity index (χ1v) is 27.1. The Labute approximate surface area is 472 Å². The number of likely N-dealkylation sites (tertiary alicyclic amines) is 1. The summed E-state index contributed by atoms with van der Waals surface area (Å²) in [5.74, 6) is -7.47. The van der Waals surface area contributed by atoms with Crippen molar-refractivity contribution in [3.63, 3.8) is 0 Å². The van der Waals surface area contributed by atoms with Crippen LogP contribution in [0.3, 0.4) is 0 Å². The third-order valence-electron chi connectivity index (χ3n) is 13.1. The van der Waals surface area contributed by atoms with Crippen molar-refractivity contribution < 1.29 is 52.7 Å². The first-order valence-electron chi connectivity index (χ1n) is 27.1. The Balaban J connectivity index is 1.85. The fraction of sp³-hybridized carbons (Fsp3) is 0.556. The number of amides is 10. The molecule has 10 amide bonds. The molecule has 19 N–H and O–H groups in total. The van der Waals surface area contributed by atoms with Gasteiger partial charge in [0.2, 0.25) is 59.1 Å². The topological polar surface area (TPSA) is 448 Å². The maximum Gasteiger partial charge on any atom is 0.245 e. The molecule has 2 aromatic carbocycles. The van der Waals surface area contributed by atoms with Crippen LogP contribution in [-0.2, 0) is 60.8 Å². The van der Waals surface area contributed by atoms with Gasteiger partial charge in [0.1, 0.15) is 54.1 Å². The van der Waals surface area contributed by atoms with Crippen LogP contribution in [0.4, 0.5) is 0 Å². The number of rotatable bonds is 33. The van der Waals surface area contributed by atoms with Crippen LogP contribution >= 0.6 is 0 Å². The van der Waals surface area contributed by atoms with E-state index in [0.29, 0.717) is 29.9 Å². The van der Waals surface area contributed by atoms with Gasteiger partial charge in [-0.2, -0.15) is 0 Å². The molecule has 446 valence electrons. The summed E-state index contributed by atoms with van der Waals surface area (Å²) in [5, 5.41) is 18.7. The molecule has 27 nitrogen and oxygen atoms in total. The summed E-state index contributed by atoms with van der Waals surface area (Å²) in [6.45, 7) is 10.8. The third-order valence-corrected chi connectivity index (χ3v) is 13.1. The summed E-state index contributed by atoms with van der Waals surface area (Å²) in [6, 6.07) is 5.48. The first kappa shape index (κ1) is 66.8. The molecule has 0 radical (unpaired) electrons. The zero-order chi connectivity index (χ0) is 60.4. The minimum atomic E-state index is -1.67. The first-order chi connectivity index (χ1) is 38.3. The van der Waals surface area contributed by atoms with Crippen LogP contribution in [-0.4, -0.2) is 150 Å². The molecule has 0 spiro atoms. The highest BCUT2D eigenvalue weighted by atomic mass is 16.5. The second-order valence-corrected chi connectivity index (χ2v) is 20.6. The van der Waals surface area contributed by atoms with E-state index in [9.17, 15) is 47.9 Å². The lowest BCUT2D eigenvalue weighted by molar-refractivity contribution is -0.143. The van der Waals surface area contributed by atoms with Crippen LogP contribution in [0.15, 0.2) is 64.6 Å². The van der Waals surface area contributed by atoms with Gasteiger partial charge in [0.15, 0.2) is 11.9 Å². The van der Waals surface area contributed by atoms with Crippen LogP contribution in [0.25, 0.3) is 0 Å². The van der Waals surface area contributed by atoms with E-state index in [-0.39, 0.29) is 89.3 Å². The van der Waals surface area contributed by atoms with Gasteiger partial charge in [-0.3, -0.25) is 57.9 Å². The number of aliphatic imine (C=N–C) groups is 2. The summed E-state index contributed by atoms with van der Waals surface area (Å²) in [6.07, 6.45) is 0.481. The number of carbonyl (C=O) groups excluding carboxylic acids is 10. The molecule has 1 aliphatic heterocycles. The number of hydrogen-bond acceptors (Lipinski definition) is 13. The SMILES string of the molecule is CCOc1ccc(C[C@@H](NC(=O)CC)C(=O)N[C@@H](Cc2ccccc2)C(=O)N[C@H](C(=O)N[C@@H](CC(N)=O)C(=O)N[C@@H](CC)C(=O)N2CCC[C@H]2C(=O)N[C@@H](CCCN=C(N)N)C(=O)N[C@@H](CCCN=C(N)N)C(N)=O)C(C)(C)C)cc1. The zero-order valence-electron chi connectivity index (χ0n) is 47.2. The van der Waals surface area contributed by atoms with Crippen LogP contribution < -0.4 is 76.4 Å². The maximum absolute atomic E-state index is 14.5. The standard InChI is InChI=1S/C54H84N16O11/c1-7-34(51(80)70-27-15-20-40(70)49(78)66-36(19-14-26-62-53(59)60)45(74)65-35(44(56)73)18-13-25-61-52(57)58)64-47(76)39(30-41(55)71)68-50(79)43(54(4,5)6)69-48(77)38(28-31-16-11-10-12-17-31)67-46(75)37(63-42(72)8-2)29-32-21-23-33(24-22-32)81-9-3/h10-12,16-17,21-24,34-40,43H,7-9,13-15,18-20,25-30H2,1-6H3,(H2,55,71)(H2,56,73)(H,63,72)(H,64,76)(H,65,74)(H,66,78)(H,67,75)(H,68,79)(H,69,77)(H4,57,58,61)(H4,59,60,62)/t34-,35-,36-,37+,38-,39-,40-,43+/m0/s1. The average Bonchev–Trinajstić information content (AvgIpc) is 3.97. The lowest BCUT2D eigenvalue weighted by Gasteiger charge is -2.33. The molecule has 3 rings (SSSR count). The molecule has 0 saturated carbocycles. The number of guanidine groups is 2. The zero-order valence-corrected chi connectivity index (χ0v) is 47.2. The number of primary amides is 2. The van der Waals surface area contributed by atoms with Crippen molar-refractivity contribution in [2.75, 3.05) is 26.2 Å². The lowest BCUT2D eigenvalue weighted by atomic mass is 9.85. The van der Waals surface area contributed by atoms with Gasteiger partial charge in [-0.1, -0.05) is 77.1 Å². The number of hydrogen-bond donors (Lipinski definition) is 13. The van der Waals surface area contributed by atoms with Crippen molar-refractivity contribution in [1.29, 1.82) is 0 Å². The van der Waals surface area contributed by atoms with E-state index in [1.165, 1.54) is 4.90 Å². The van der Waals surface area contributed by atoms with Gasteiger partial charge in [-0.05, 0) is 80.5 Å². The molecule has 8 atom stereocenters. The smallest absolute Gasteiger partial charge is 0.245 e. The molecule has 2 aromatic rings. The van der Waals surface area contributed by atoms with Gasteiger partial charge in [0.05, 0.1) is 13.0 Å². The van der Waals surface area contributed by atoms with Gasteiger partial charge in [0.25, 0.3) is 0 Å². The van der Waals surface area contributed by atoms with E-state index in [1.807, 2.05) is 6.92 Å². The van der Waals surface area contributed by atoms with E-state index in [0.717, 1.165) is 0 Å². The van der Waals surface area contributed by atoms with E-state index >= 15 is 0 Å². The highest BCUT2D eigenvalue weighted by Gasteiger charge is 2.41. The third kappa shape index (κ3) is 23.0. The van der Waals surface area contributed by atoms with E-state index < -0.39 is 119 Å². The van der Waals surface area contributed by atoms with Crippen LogP contribution in [0.2, 0.25) is 0 Å². The minimum Gasteiger partial charge on any atom is -0.494 e. The summed E-state index contributed by atoms with van der Waals surface area (Å²) in [5.41, 5.74) is 33.2. The number of nitrogens with one attached hydrogen (secondary N) is 7. The summed E-state index contributed by atoms with van der Waals surface area (Å²) < 4.78 is 5.54. The number of ether oxygens (including phenoxy) is 1. The van der Waals surface area contributed by atoms with E-state index in [1.54, 1.807) is 89.2 Å². The quantitative estimate of drug-likeness (QED) is 0.0201. The van der Waals surface area contributed by atoms with E-state index in [4.69, 9.17) is 39.1 Å². The molecule has 0 bridgehead atoms. The predicted octanol–water partition coefficient (Wildman–Crippen LogP) is -2.41. The number of nitrogens with two attached hydrogens (primary N) is 6. The van der Waals surface area contributed by atoms with Crippen molar-refractivity contribution in [3.05, 3.63) is 65.7 Å². The maximum atomic E-state index is 14.5. The Bertz CT molecular complexity index is 2530. The Morgan fingerprint density at radius 1 is 0.605 bits per heavy atom. The monoisotopic (exact) mass is 1130 g/mol. The fourth-order valence-corrected chi connectivity index (χ4v) is 8.76. The van der Waals surface area contributed by atoms with Gasteiger partial charge in [0, 0.05) is 38.9 Å². The van der Waals surface area contributed by atoms with Crippen LogP contribution in [0, 0.1) is 5.41 Å². The number of benzene rings is 2. The Morgan fingerprint density at radius 3 is 1.64 bits per heavy atom. The molecule has 1 heterocycles. The van der Waals surface area contributed by atoms with E-state index in [2.05, 4.69) is 47.2 Å². The molecular formula is C54H84N16O11. The van der Waals surface area contributed by atoms with Crippen LogP contribution in [0.1, 0.15) is 110 Å². The Hall–Kier alpha value is -8.52. The van der Waals surface area contributed by atoms with Gasteiger partial charge < -0.3 is 81.3 Å². The van der Waals surface area contributed by atoms with Crippen LogP contribution in [0.5, 0.6) is 5.75 Å². The summed E-state index contributed by atoms with van der Waals surface area (Å²) in [4.78, 5) is 146. The van der Waals surface area contributed by atoms with Crippen molar-refractivity contribution in [1.82, 2.24) is 42.1 Å². The summed E-state index contributed by atoms with van der Waals surface area (Å²) in [7, 11) is 0. The summed E-state index contributed by atoms with van der Waals surface area (Å²) >= 11 is 0. The molecular weight excluding hydrogens is 1050 g/mol. The molecule has 0 aliphatic carbocycles. The van der Waals surface area contributed by atoms with Crippen molar-refractivity contribution in [3.8, 4) is 5.75 Å². The fourth-order valence-electron chi connectivity index (χ4n) is 8.76. The van der Waals surface area contributed by atoms with Gasteiger partial charge >= 0.3 is 0 Å². The lowest BCUT2D eigenvalue weighted by Crippen LogP contribution is -2.62. The van der Waals surface area contributed by atoms with Gasteiger partial charge in [-0.15, -0.1) is 0 Å². The van der Waals surface area contributed by atoms with Gasteiger partial charge in [-0.25, -0.2) is 0 Å². The van der Waals surface area contributed by atoms with Crippen molar-refractivity contribution >= 4 is 71.0 Å². The predicted molar refractivity (Wildman–Crippen MR) is 303 cm³/mol.